The Hall–Kier alpha value is -3.22. The monoisotopic (exact) mass is 383 g/mol. The average molecular weight is 383 g/mol. The molecule has 1 aromatic carbocycles. The SMILES string of the molecule is CCCCN1C(=O)NC(=O)/C(=C\c2cc(C)n(-c3ccc(F)cc3)c2C)C1=O. The molecule has 7 heteroatoms. The third-order valence-electron chi connectivity index (χ3n) is 4.78. The van der Waals surface area contributed by atoms with Gasteiger partial charge < -0.3 is 4.57 Å². The summed E-state index contributed by atoms with van der Waals surface area (Å²) in [6.45, 7) is 5.96. The summed E-state index contributed by atoms with van der Waals surface area (Å²) in [5.74, 6) is -1.61. The zero-order chi connectivity index (χ0) is 20.4. The zero-order valence-corrected chi connectivity index (χ0v) is 16.1. The number of imide groups is 2. The van der Waals surface area contributed by atoms with Gasteiger partial charge in [-0.1, -0.05) is 13.3 Å². The molecule has 0 saturated carbocycles. The van der Waals surface area contributed by atoms with Crippen LogP contribution >= 0.6 is 0 Å². The number of barbiturate groups is 1. The minimum Gasteiger partial charge on any atom is -0.318 e. The molecule has 0 aliphatic carbocycles. The first-order valence-corrected chi connectivity index (χ1v) is 9.17. The molecular weight excluding hydrogens is 361 g/mol. The van der Waals surface area contributed by atoms with Crippen molar-refractivity contribution < 1.29 is 18.8 Å². The molecule has 3 rings (SSSR count). The molecule has 0 spiro atoms. The van der Waals surface area contributed by atoms with Crippen LogP contribution in [0.5, 0.6) is 0 Å². The van der Waals surface area contributed by atoms with E-state index in [2.05, 4.69) is 5.32 Å². The Bertz CT molecular complexity index is 974. The van der Waals surface area contributed by atoms with Crippen molar-refractivity contribution in [2.45, 2.75) is 33.6 Å². The van der Waals surface area contributed by atoms with Crippen LogP contribution in [0, 0.1) is 19.7 Å². The number of benzene rings is 1. The maximum Gasteiger partial charge on any atom is 0.331 e. The predicted octanol–water partition coefficient (Wildman–Crippen LogP) is 3.50. The van der Waals surface area contributed by atoms with Gasteiger partial charge in [0.25, 0.3) is 11.8 Å². The van der Waals surface area contributed by atoms with Crippen LogP contribution in [0.3, 0.4) is 0 Å². The first kappa shape index (κ1) is 19.5. The van der Waals surface area contributed by atoms with Crippen molar-refractivity contribution in [2.24, 2.45) is 0 Å². The van der Waals surface area contributed by atoms with Crippen molar-refractivity contribution in [3.05, 3.63) is 58.7 Å². The summed E-state index contributed by atoms with van der Waals surface area (Å²) in [6, 6.07) is 7.24. The van der Waals surface area contributed by atoms with E-state index in [1.54, 1.807) is 12.1 Å². The first-order chi connectivity index (χ1) is 13.3. The van der Waals surface area contributed by atoms with Crippen LogP contribution in [0.1, 0.15) is 36.7 Å². The standard InChI is InChI=1S/C21H22FN3O3/c1-4-5-10-24-20(27)18(19(26)23-21(24)28)12-15-11-13(2)25(14(15)3)17-8-6-16(22)7-9-17/h6-9,11-12H,4-5,10H2,1-3H3,(H,23,26,28)/b18-12+. The molecule has 1 fully saturated rings. The van der Waals surface area contributed by atoms with Crippen LogP contribution in [-0.4, -0.2) is 33.9 Å². The fourth-order valence-electron chi connectivity index (χ4n) is 3.29. The Labute approximate surface area is 162 Å². The van der Waals surface area contributed by atoms with E-state index in [0.717, 1.165) is 28.4 Å². The largest absolute Gasteiger partial charge is 0.331 e. The molecule has 1 N–H and O–H groups in total. The van der Waals surface area contributed by atoms with Crippen LogP contribution in [-0.2, 0) is 9.59 Å². The van der Waals surface area contributed by atoms with Crippen molar-refractivity contribution >= 4 is 23.9 Å². The van der Waals surface area contributed by atoms with Gasteiger partial charge in [-0.2, -0.15) is 0 Å². The molecule has 1 aliphatic heterocycles. The lowest BCUT2D eigenvalue weighted by Crippen LogP contribution is -2.54. The molecule has 2 aromatic rings. The van der Waals surface area contributed by atoms with Crippen LogP contribution in [0.15, 0.2) is 35.9 Å². The highest BCUT2D eigenvalue weighted by Gasteiger charge is 2.35. The summed E-state index contributed by atoms with van der Waals surface area (Å²) < 4.78 is 15.1. The highest BCUT2D eigenvalue weighted by Crippen LogP contribution is 2.24. The van der Waals surface area contributed by atoms with Crippen molar-refractivity contribution in [1.82, 2.24) is 14.8 Å². The van der Waals surface area contributed by atoms with Crippen molar-refractivity contribution in [3.63, 3.8) is 0 Å². The van der Waals surface area contributed by atoms with E-state index in [1.807, 2.05) is 31.4 Å². The second-order valence-electron chi connectivity index (χ2n) is 6.77. The number of carbonyl (C=O) groups excluding carboxylic acids is 3. The summed E-state index contributed by atoms with van der Waals surface area (Å²) in [4.78, 5) is 38.0. The van der Waals surface area contributed by atoms with Gasteiger partial charge in [-0.25, -0.2) is 9.18 Å². The maximum atomic E-state index is 13.2. The van der Waals surface area contributed by atoms with Crippen molar-refractivity contribution in [2.75, 3.05) is 6.54 Å². The van der Waals surface area contributed by atoms with Crippen molar-refractivity contribution in [1.29, 1.82) is 0 Å². The lowest BCUT2D eigenvalue weighted by atomic mass is 10.1. The van der Waals surface area contributed by atoms with Crippen LogP contribution < -0.4 is 5.32 Å². The smallest absolute Gasteiger partial charge is 0.318 e. The van der Waals surface area contributed by atoms with E-state index >= 15 is 0 Å². The van der Waals surface area contributed by atoms with Gasteiger partial charge in [-0.15, -0.1) is 0 Å². The molecule has 0 unspecified atom stereocenters. The summed E-state index contributed by atoms with van der Waals surface area (Å²) in [5.41, 5.74) is 3.06. The number of nitrogens with one attached hydrogen (secondary N) is 1. The molecule has 28 heavy (non-hydrogen) atoms. The molecule has 4 amide bonds. The van der Waals surface area contributed by atoms with Gasteiger partial charge in [0.2, 0.25) is 0 Å². The van der Waals surface area contributed by atoms with E-state index in [1.165, 1.54) is 18.2 Å². The van der Waals surface area contributed by atoms with Crippen molar-refractivity contribution in [3.8, 4) is 5.69 Å². The summed E-state index contributed by atoms with van der Waals surface area (Å²) in [6.07, 6.45) is 2.99. The van der Waals surface area contributed by atoms with Gasteiger partial charge in [0.05, 0.1) is 0 Å². The Kier molecular flexibility index (Phi) is 5.44. The molecule has 0 radical (unpaired) electrons. The third kappa shape index (κ3) is 3.60. The molecule has 1 aromatic heterocycles. The third-order valence-corrected chi connectivity index (χ3v) is 4.78. The molecule has 0 atom stereocenters. The quantitative estimate of drug-likeness (QED) is 0.635. The second kappa shape index (κ2) is 7.80. The van der Waals surface area contributed by atoms with Crippen LogP contribution in [0.25, 0.3) is 11.8 Å². The number of aryl methyl sites for hydroxylation is 1. The average Bonchev–Trinajstić information content (AvgIpc) is 2.93. The van der Waals surface area contributed by atoms with E-state index in [0.29, 0.717) is 12.0 Å². The number of carbonyl (C=O) groups is 3. The van der Waals surface area contributed by atoms with E-state index < -0.39 is 17.8 Å². The number of hydrogen-bond donors (Lipinski definition) is 1. The predicted molar refractivity (Wildman–Crippen MR) is 103 cm³/mol. The number of nitrogens with zero attached hydrogens (tertiary/aromatic N) is 2. The highest BCUT2D eigenvalue weighted by atomic mass is 19.1. The van der Waals surface area contributed by atoms with Crippen LogP contribution in [0.4, 0.5) is 9.18 Å². The van der Waals surface area contributed by atoms with Gasteiger partial charge in [0.15, 0.2) is 0 Å². The normalized spacial score (nSPS) is 16.1. The summed E-state index contributed by atoms with van der Waals surface area (Å²) in [5, 5.41) is 2.23. The minimum atomic E-state index is -0.700. The molecule has 2 heterocycles. The number of rotatable bonds is 5. The topological polar surface area (TPSA) is 71.4 Å². The van der Waals surface area contributed by atoms with Gasteiger partial charge in [-0.3, -0.25) is 19.8 Å². The molecular formula is C21H22FN3O3. The van der Waals surface area contributed by atoms with E-state index in [4.69, 9.17) is 0 Å². The molecule has 1 aliphatic rings. The molecule has 146 valence electrons. The number of hydrogen-bond acceptors (Lipinski definition) is 3. The number of unbranched alkanes of at least 4 members (excludes halogenated alkanes) is 1. The molecule has 6 nitrogen and oxygen atoms in total. The maximum absolute atomic E-state index is 13.2. The van der Waals surface area contributed by atoms with Gasteiger partial charge in [0.1, 0.15) is 11.4 Å². The van der Waals surface area contributed by atoms with Gasteiger partial charge >= 0.3 is 6.03 Å². The lowest BCUT2D eigenvalue weighted by molar-refractivity contribution is -0.130. The van der Waals surface area contributed by atoms with Crippen LogP contribution in [0.2, 0.25) is 0 Å². The first-order valence-electron chi connectivity index (χ1n) is 9.17. The fourth-order valence-corrected chi connectivity index (χ4v) is 3.29. The summed E-state index contributed by atoms with van der Waals surface area (Å²) in [7, 11) is 0. The minimum absolute atomic E-state index is 0.0740. The summed E-state index contributed by atoms with van der Waals surface area (Å²) >= 11 is 0. The Morgan fingerprint density at radius 1 is 1.11 bits per heavy atom. The number of aromatic nitrogens is 1. The Morgan fingerprint density at radius 2 is 1.79 bits per heavy atom. The number of urea groups is 1. The molecule has 1 saturated heterocycles. The number of halogens is 1. The number of amides is 4. The molecule has 0 bridgehead atoms. The van der Waals surface area contributed by atoms with E-state index in [-0.39, 0.29) is 17.9 Å². The fraction of sp³-hybridized carbons (Fsp3) is 0.286. The van der Waals surface area contributed by atoms with Gasteiger partial charge in [-0.05, 0) is 62.2 Å². The van der Waals surface area contributed by atoms with Gasteiger partial charge in [0, 0.05) is 23.6 Å². The lowest BCUT2D eigenvalue weighted by Gasteiger charge is -2.26. The second-order valence-corrected chi connectivity index (χ2v) is 6.77. The zero-order valence-electron chi connectivity index (χ0n) is 16.1. The van der Waals surface area contributed by atoms with E-state index in [9.17, 15) is 18.8 Å². The highest BCUT2D eigenvalue weighted by molar-refractivity contribution is 6.31. The Morgan fingerprint density at radius 3 is 2.43 bits per heavy atom. The Balaban J connectivity index is 1.99.